The lowest BCUT2D eigenvalue weighted by Gasteiger charge is -2.13. The van der Waals surface area contributed by atoms with Gasteiger partial charge in [-0.05, 0) is 24.6 Å². The van der Waals surface area contributed by atoms with Crippen molar-refractivity contribution in [3.8, 4) is 0 Å². The minimum atomic E-state index is -0.285. The molecule has 1 atom stereocenters. The number of aliphatic imine (C=N–C) groups is 1. The second kappa shape index (κ2) is 5.09. The number of rotatable bonds is 1. The van der Waals surface area contributed by atoms with Crippen LogP contribution in [0.3, 0.4) is 0 Å². The lowest BCUT2D eigenvalue weighted by Crippen LogP contribution is -2.32. The summed E-state index contributed by atoms with van der Waals surface area (Å²) in [5.74, 6) is -0.414. The molecule has 1 aliphatic heterocycles. The van der Waals surface area contributed by atoms with Crippen molar-refractivity contribution < 1.29 is 9.18 Å². The fraction of sp³-hybridized carbons (Fsp3) is 0.182. The number of benzene rings is 1. The Hall–Kier alpha value is -1.69. The van der Waals surface area contributed by atoms with E-state index in [0.717, 1.165) is 5.56 Å². The first-order valence-electron chi connectivity index (χ1n) is 4.99. The Morgan fingerprint density at radius 2 is 2.18 bits per heavy atom. The van der Waals surface area contributed by atoms with Gasteiger partial charge in [-0.3, -0.25) is 4.79 Å². The Kier molecular flexibility index (Phi) is 3.53. The summed E-state index contributed by atoms with van der Waals surface area (Å²) in [6.45, 7) is 1.78. The molecule has 0 radical (unpaired) electrons. The first-order chi connectivity index (χ1) is 8.15. The molecule has 1 N–H and O–H groups in total. The lowest BCUT2D eigenvalue weighted by molar-refractivity contribution is -0.120. The highest BCUT2D eigenvalue weighted by Crippen LogP contribution is 2.17. The molecule has 1 unspecified atom stereocenters. The topological polar surface area (TPSA) is 53.8 Å². The van der Waals surface area contributed by atoms with E-state index in [1.54, 1.807) is 25.3 Å². The minimum Gasteiger partial charge on any atom is -0.272 e. The maximum Gasteiger partial charge on any atom is 0.253 e. The van der Waals surface area contributed by atoms with Gasteiger partial charge in [0.25, 0.3) is 5.91 Å². The summed E-state index contributed by atoms with van der Waals surface area (Å²) in [4.78, 5) is 15.2. The van der Waals surface area contributed by atoms with Crippen molar-refractivity contribution >= 4 is 29.1 Å². The molecule has 1 heterocycles. The molecule has 0 aromatic heterocycles. The summed E-state index contributed by atoms with van der Waals surface area (Å²) in [6, 6.07) is 5.97. The van der Waals surface area contributed by atoms with Crippen molar-refractivity contribution in [2.45, 2.75) is 12.2 Å². The van der Waals surface area contributed by atoms with E-state index in [4.69, 9.17) is 0 Å². The number of halogens is 1. The summed E-state index contributed by atoms with van der Waals surface area (Å²) in [5.41, 5.74) is 3.16. The van der Waals surface area contributed by atoms with Crippen molar-refractivity contribution in [3.63, 3.8) is 0 Å². The van der Waals surface area contributed by atoms with Crippen molar-refractivity contribution in [2.24, 2.45) is 10.1 Å². The van der Waals surface area contributed by atoms with Crippen molar-refractivity contribution in [1.82, 2.24) is 5.43 Å². The minimum absolute atomic E-state index is 0.129. The maximum atomic E-state index is 12.7. The molecule has 0 saturated heterocycles. The second-order valence-electron chi connectivity index (χ2n) is 3.44. The normalized spacial score (nSPS) is 20.2. The van der Waals surface area contributed by atoms with Gasteiger partial charge in [0.2, 0.25) is 5.17 Å². The van der Waals surface area contributed by atoms with Crippen LogP contribution in [0.1, 0.15) is 12.5 Å². The molecule has 4 nitrogen and oxygen atoms in total. The largest absolute Gasteiger partial charge is 0.272 e. The van der Waals surface area contributed by atoms with Crippen LogP contribution in [-0.2, 0) is 4.79 Å². The Balaban J connectivity index is 2.06. The fourth-order valence-corrected chi connectivity index (χ4v) is 1.86. The number of thioether (sulfide) groups is 1. The quantitative estimate of drug-likeness (QED) is 0.773. The van der Waals surface area contributed by atoms with Crippen LogP contribution >= 0.6 is 11.8 Å². The van der Waals surface area contributed by atoms with Crippen LogP contribution in [0.25, 0.3) is 0 Å². The number of hydrogen-bond acceptors (Lipinski definition) is 4. The molecule has 1 aliphatic rings. The first kappa shape index (κ1) is 11.8. The Bertz CT molecular complexity index is 484. The van der Waals surface area contributed by atoms with Crippen LogP contribution in [0.4, 0.5) is 4.39 Å². The number of carbonyl (C=O) groups excluding carboxylic acids is 1. The van der Waals surface area contributed by atoms with Gasteiger partial charge in [-0.2, -0.15) is 0 Å². The third-order valence-corrected chi connectivity index (χ3v) is 3.08. The molecule has 88 valence electrons. The van der Waals surface area contributed by atoms with Gasteiger partial charge in [-0.1, -0.05) is 23.9 Å². The monoisotopic (exact) mass is 251 g/mol. The third-order valence-electron chi connectivity index (χ3n) is 2.11. The highest BCUT2D eigenvalue weighted by molar-refractivity contribution is 8.15. The summed E-state index contributed by atoms with van der Waals surface area (Å²) < 4.78 is 12.7. The molecule has 0 fully saturated rings. The van der Waals surface area contributed by atoms with E-state index in [-0.39, 0.29) is 17.0 Å². The van der Waals surface area contributed by atoms with Gasteiger partial charge in [0, 0.05) is 6.21 Å². The van der Waals surface area contributed by atoms with Crippen LogP contribution in [0.2, 0.25) is 0 Å². The number of nitrogens with zero attached hydrogens (tertiary/aromatic N) is 2. The van der Waals surface area contributed by atoms with E-state index in [1.807, 2.05) is 0 Å². The van der Waals surface area contributed by atoms with E-state index in [9.17, 15) is 9.18 Å². The fourth-order valence-electron chi connectivity index (χ4n) is 1.17. The van der Waals surface area contributed by atoms with Crippen molar-refractivity contribution in [1.29, 1.82) is 0 Å². The van der Waals surface area contributed by atoms with Crippen LogP contribution in [0.5, 0.6) is 0 Å². The second-order valence-corrected chi connectivity index (χ2v) is 4.75. The van der Waals surface area contributed by atoms with E-state index in [0.29, 0.717) is 5.17 Å². The standard InChI is InChI=1S/C11H10FN3OS/c1-7-10(16)14-15-11(17-7)13-6-8-2-4-9(12)5-3-8/h2-7H,1H3,(H,14,16)/b13-6+. The Labute approximate surface area is 102 Å². The molecular weight excluding hydrogens is 241 g/mol. The zero-order valence-corrected chi connectivity index (χ0v) is 9.87. The predicted octanol–water partition coefficient (Wildman–Crippen LogP) is 1.77. The molecule has 1 aromatic carbocycles. The van der Waals surface area contributed by atoms with Crippen LogP contribution in [0, 0.1) is 5.82 Å². The van der Waals surface area contributed by atoms with Gasteiger partial charge >= 0.3 is 0 Å². The molecule has 0 spiro atoms. The van der Waals surface area contributed by atoms with Crippen LogP contribution in [-0.4, -0.2) is 22.5 Å². The summed E-state index contributed by atoms with van der Waals surface area (Å²) in [7, 11) is 0. The van der Waals surface area contributed by atoms with Gasteiger partial charge in [0.15, 0.2) is 0 Å². The van der Waals surface area contributed by atoms with E-state index >= 15 is 0 Å². The Morgan fingerprint density at radius 1 is 1.47 bits per heavy atom. The predicted molar refractivity (Wildman–Crippen MR) is 66.6 cm³/mol. The average molecular weight is 251 g/mol. The Morgan fingerprint density at radius 3 is 2.82 bits per heavy atom. The van der Waals surface area contributed by atoms with Gasteiger partial charge in [-0.15, -0.1) is 5.10 Å². The number of hydrazone groups is 1. The highest BCUT2D eigenvalue weighted by Gasteiger charge is 2.20. The van der Waals surface area contributed by atoms with Gasteiger partial charge < -0.3 is 0 Å². The number of amidine groups is 1. The molecule has 0 bridgehead atoms. The third kappa shape index (κ3) is 3.13. The lowest BCUT2D eigenvalue weighted by atomic mass is 10.2. The molecule has 1 aromatic rings. The van der Waals surface area contributed by atoms with E-state index in [2.05, 4.69) is 15.5 Å². The maximum absolute atomic E-state index is 12.7. The van der Waals surface area contributed by atoms with E-state index < -0.39 is 0 Å². The summed E-state index contributed by atoms with van der Waals surface area (Å²) in [6.07, 6.45) is 1.58. The molecule has 2 rings (SSSR count). The smallest absolute Gasteiger partial charge is 0.253 e. The van der Waals surface area contributed by atoms with Gasteiger partial charge in [0.1, 0.15) is 5.82 Å². The van der Waals surface area contributed by atoms with Crippen LogP contribution in [0.15, 0.2) is 34.4 Å². The number of carbonyl (C=O) groups is 1. The van der Waals surface area contributed by atoms with E-state index in [1.165, 1.54) is 23.9 Å². The van der Waals surface area contributed by atoms with Gasteiger partial charge in [0.05, 0.1) is 5.25 Å². The molecule has 1 amide bonds. The SMILES string of the molecule is CC1SC(/N=C/c2ccc(F)cc2)=NNC1=O. The summed E-state index contributed by atoms with van der Waals surface area (Å²) in [5, 5.41) is 4.09. The molecule has 17 heavy (non-hydrogen) atoms. The average Bonchev–Trinajstić information content (AvgIpc) is 2.33. The molecule has 0 saturated carbocycles. The first-order valence-corrected chi connectivity index (χ1v) is 5.87. The zero-order chi connectivity index (χ0) is 12.3. The van der Waals surface area contributed by atoms with Gasteiger partial charge in [-0.25, -0.2) is 14.8 Å². The number of nitrogens with one attached hydrogen (secondary N) is 1. The molecule has 6 heteroatoms. The molecule has 0 aliphatic carbocycles. The van der Waals surface area contributed by atoms with Crippen LogP contribution < -0.4 is 5.43 Å². The molecular formula is C11H10FN3OS. The zero-order valence-electron chi connectivity index (χ0n) is 9.05. The summed E-state index contributed by atoms with van der Waals surface area (Å²) >= 11 is 1.28. The van der Waals surface area contributed by atoms with Crippen molar-refractivity contribution in [2.75, 3.05) is 0 Å². The number of hydrogen-bond donors (Lipinski definition) is 1. The highest BCUT2D eigenvalue weighted by atomic mass is 32.2. The van der Waals surface area contributed by atoms with Crippen molar-refractivity contribution in [3.05, 3.63) is 35.6 Å². The number of amides is 1.